The van der Waals surface area contributed by atoms with Gasteiger partial charge in [-0.15, -0.1) is 0 Å². The smallest absolute Gasteiger partial charge is 0.324 e. The van der Waals surface area contributed by atoms with E-state index in [1.807, 2.05) is 0 Å². The van der Waals surface area contributed by atoms with Crippen LogP contribution in [0.5, 0.6) is 0 Å². The van der Waals surface area contributed by atoms with E-state index in [4.69, 9.17) is 9.47 Å². The van der Waals surface area contributed by atoms with Crippen LogP contribution in [0.25, 0.3) is 0 Å². The average molecular weight is 273 g/mol. The lowest BCUT2D eigenvalue weighted by Crippen LogP contribution is -2.43. The van der Waals surface area contributed by atoms with E-state index in [2.05, 4.69) is 12.2 Å². The van der Waals surface area contributed by atoms with E-state index in [-0.39, 0.29) is 12.4 Å². The Kier molecular flexibility index (Phi) is 8.39. The number of nitrogens with one attached hydrogen (secondary N) is 1. The molecule has 5 heteroatoms. The minimum absolute atomic E-state index is 0.00642. The number of ether oxygens (including phenoxy) is 2. The predicted octanol–water partition coefficient (Wildman–Crippen LogP) is 2.04. The normalized spacial score (nSPS) is 12.9. The third-order valence-corrected chi connectivity index (χ3v) is 2.29. The van der Waals surface area contributed by atoms with Crippen molar-refractivity contribution in [1.82, 2.24) is 5.32 Å². The highest BCUT2D eigenvalue weighted by molar-refractivity contribution is 5.82. The molecule has 0 fully saturated rings. The first-order valence-corrected chi connectivity index (χ1v) is 6.92. The van der Waals surface area contributed by atoms with Gasteiger partial charge in [-0.1, -0.05) is 13.3 Å². The van der Waals surface area contributed by atoms with Gasteiger partial charge in [-0.3, -0.25) is 9.59 Å². The lowest BCUT2D eigenvalue weighted by molar-refractivity contribution is -0.161. The number of rotatable bonds is 8. The molecular weight excluding hydrogens is 246 g/mol. The van der Waals surface area contributed by atoms with E-state index in [0.717, 1.165) is 12.8 Å². The molecule has 0 saturated heterocycles. The Bertz CT molecular complexity index is 284. The van der Waals surface area contributed by atoms with Gasteiger partial charge in [0.15, 0.2) is 0 Å². The van der Waals surface area contributed by atoms with E-state index in [1.54, 1.807) is 27.7 Å². The Balaban J connectivity index is 4.47. The molecule has 0 saturated carbocycles. The SMILES string of the molecule is CCCCNC(CC(=O)OCC)C(=O)OC(C)(C)C. The highest BCUT2D eigenvalue weighted by Crippen LogP contribution is 2.10. The summed E-state index contributed by atoms with van der Waals surface area (Å²) in [5.74, 6) is -0.793. The van der Waals surface area contributed by atoms with Gasteiger partial charge in [0, 0.05) is 0 Å². The molecule has 5 nitrogen and oxygen atoms in total. The molecule has 1 unspecified atom stereocenters. The molecule has 0 aromatic heterocycles. The molecule has 0 aliphatic carbocycles. The first kappa shape index (κ1) is 17.9. The summed E-state index contributed by atoms with van der Waals surface area (Å²) < 4.78 is 10.2. The third-order valence-electron chi connectivity index (χ3n) is 2.29. The molecule has 19 heavy (non-hydrogen) atoms. The number of hydrogen-bond donors (Lipinski definition) is 1. The average Bonchev–Trinajstić information content (AvgIpc) is 2.26. The van der Waals surface area contributed by atoms with E-state index >= 15 is 0 Å². The molecule has 112 valence electrons. The van der Waals surface area contributed by atoms with Gasteiger partial charge in [-0.05, 0) is 40.7 Å². The van der Waals surface area contributed by atoms with Crippen molar-refractivity contribution in [3.05, 3.63) is 0 Å². The molecular formula is C14H27NO4. The first-order valence-electron chi connectivity index (χ1n) is 6.92. The van der Waals surface area contributed by atoms with E-state index in [0.29, 0.717) is 13.2 Å². The molecule has 0 aromatic carbocycles. The lowest BCUT2D eigenvalue weighted by Gasteiger charge is -2.24. The van der Waals surface area contributed by atoms with Gasteiger partial charge < -0.3 is 14.8 Å². The van der Waals surface area contributed by atoms with Crippen molar-refractivity contribution in [3.63, 3.8) is 0 Å². The van der Waals surface area contributed by atoms with Gasteiger partial charge in [0.1, 0.15) is 11.6 Å². The molecule has 0 aromatic rings. The van der Waals surface area contributed by atoms with E-state index in [9.17, 15) is 9.59 Å². The van der Waals surface area contributed by atoms with Crippen LogP contribution in [0.15, 0.2) is 0 Å². The van der Waals surface area contributed by atoms with Crippen LogP contribution in [0.2, 0.25) is 0 Å². The minimum Gasteiger partial charge on any atom is -0.466 e. The summed E-state index contributed by atoms with van der Waals surface area (Å²) >= 11 is 0. The molecule has 0 heterocycles. The summed E-state index contributed by atoms with van der Waals surface area (Å²) in [7, 11) is 0. The Morgan fingerprint density at radius 1 is 1.21 bits per heavy atom. The zero-order chi connectivity index (χ0) is 14.9. The summed E-state index contributed by atoms with van der Waals surface area (Å²) in [5.41, 5.74) is -0.559. The highest BCUT2D eigenvalue weighted by Gasteiger charge is 2.27. The molecule has 0 aliphatic heterocycles. The van der Waals surface area contributed by atoms with Crippen molar-refractivity contribution < 1.29 is 19.1 Å². The van der Waals surface area contributed by atoms with Crippen LogP contribution >= 0.6 is 0 Å². The fourth-order valence-electron chi connectivity index (χ4n) is 1.45. The van der Waals surface area contributed by atoms with Gasteiger partial charge in [0.05, 0.1) is 13.0 Å². The Hall–Kier alpha value is -1.10. The van der Waals surface area contributed by atoms with Crippen LogP contribution in [0.1, 0.15) is 53.9 Å². The van der Waals surface area contributed by atoms with Crippen LogP contribution < -0.4 is 5.32 Å². The van der Waals surface area contributed by atoms with Crippen LogP contribution in [0, 0.1) is 0 Å². The summed E-state index contributed by atoms with van der Waals surface area (Å²) in [6, 6.07) is -0.634. The predicted molar refractivity (Wildman–Crippen MR) is 73.8 cm³/mol. The quantitative estimate of drug-likeness (QED) is 0.541. The van der Waals surface area contributed by atoms with E-state index < -0.39 is 17.6 Å². The van der Waals surface area contributed by atoms with Gasteiger partial charge >= 0.3 is 11.9 Å². The fourth-order valence-corrected chi connectivity index (χ4v) is 1.45. The summed E-state index contributed by atoms with van der Waals surface area (Å²) in [6.45, 7) is 10.2. The zero-order valence-electron chi connectivity index (χ0n) is 12.7. The topological polar surface area (TPSA) is 64.6 Å². The second kappa shape index (κ2) is 8.91. The van der Waals surface area contributed by atoms with Crippen LogP contribution in [0.3, 0.4) is 0 Å². The maximum atomic E-state index is 12.0. The van der Waals surface area contributed by atoms with Crippen LogP contribution in [-0.2, 0) is 19.1 Å². The van der Waals surface area contributed by atoms with Crippen molar-refractivity contribution in [2.75, 3.05) is 13.2 Å². The highest BCUT2D eigenvalue weighted by atomic mass is 16.6. The van der Waals surface area contributed by atoms with Crippen molar-refractivity contribution in [1.29, 1.82) is 0 Å². The van der Waals surface area contributed by atoms with Crippen molar-refractivity contribution in [2.45, 2.75) is 65.5 Å². The summed E-state index contributed by atoms with van der Waals surface area (Å²) in [4.78, 5) is 23.5. The van der Waals surface area contributed by atoms with Gasteiger partial charge in [-0.2, -0.15) is 0 Å². The standard InChI is InChI=1S/C14H27NO4/c1-6-8-9-15-11(10-12(16)18-7-2)13(17)19-14(3,4)5/h11,15H,6-10H2,1-5H3. The maximum absolute atomic E-state index is 12.0. The number of carbonyl (C=O) groups excluding carboxylic acids is 2. The summed E-state index contributed by atoms with van der Waals surface area (Å²) in [5, 5.41) is 3.06. The van der Waals surface area contributed by atoms with Crippen molar-refractivity contribution in [2.24, 2.45) is 0 Å². The lowest BCUT2D eigenvalue weighted by atomic mass is 10.1. The van der Waals surface area contributed by atoms with Gasteiger partial charge in [0.2, 0.25) is 0 Å². The molecule has 1 N–H and O–H groups in total. The second-order valence-corrected chi connectivity index (χ2v) is 5.40. The third kappa shape index (κ3) is 9.47. The summed E-state index contributed by atoms with van der Waals surface area (Å²) in [6.07, 6.45) is 1.97. The maximum Gasteiger partial charge on any atom is 0.324 e. The largest absolute Gasteiger partial charge is 0.466 e. The van der Waals surface area contributed by atoms with Crippen molar-refractivity contribution >= 4 is 11.9 Å². The van der Waals surface area contributed by atoms with E-state index in [1.165, 1.54) is 0 Å². The van der Waals surface area contributed by atoms with Crippen LogP contribution in [-0.4, -0.2) is 36.7 Å². The number of carbonyl (C=O) groups is 2. The zero-order valence-corrected chi connectivity index (χ0v) is 12.7. The number of esters is 2. The van der Waals surface area contributed by atoms with Crippen LogP contribution in [0.4, 0.5) is 0 Å². The Morgan fingerprint density at radius 3 is 2.32 bits per heavy atom. The Morgan fingerprint density at radius 2 is 1.84 bits per heavy atom. The first-order chi connectivity index (χ1) is 8.80. The number of unbranched alkanes of at least 4 members (excludes halogenated alkanes) is 1. The number of hydrogen-bond acceptors (Lipinski definition) is 5. The molecule has 0 rings (SSSR count). The molecule has 0 bridgehead atoms. The Labute approximate surface area is 116 Å². The van der Waals surface area contributed by atoms with Crippen molar-refractivity contribution in [3.8, 4) is 0 Å². The molecule has 1 atom stereocenters. The second-order valence-electron chi connectivity index (χ2n) is 5.40. The van der Waals surface area contributed by atoms with Gasteiger partial charge in [-0.25, -0.2) is 0 Å². The molecule has 0 amide bonds. The minimum atomic E-state index is -0.634. The molecule has 0 spiro atoms. The monoisotopic (exact) mass is 273 g/mol. The fraction of sp³-hybridized carbons (Fsp3) is 0.857. The van der Waals surface area contributed by atoms with Gasteiger partial charge in [0.25, 0.3) is 0 Å². The molecule has 0 radical (unpaired) electrons. The molecule has 0 aliphatic rings.